The van der Waals surface area contributed by atoms with Crippen LogP contribution in [0.1, 0.15) is 16.1 Å². The zero-order valence-corrected chi connectivity index (χ0v) is 16.4. The number of furan rings is 1. The van der Waals surface area contributed by atoms with Gasteiger partial charge in [-0.25, -0.2) is 0 Å². The number of hydrogen-bond donors (Lipinski definition) is 1. The average molecular weight is 394 g/mol. The largest absolute Gasteiger partial charge is 0.497 e. The van der Waals surface area contributed by atoms with Crippen LogP contribution in [0.3, 0.4) is 0 Å². The van der Waals surface area contributed by atoms with Crippen molar-refractivity contribution in [2.24, 2.45) is 7.05 Å². The second-order valence-electron chi connectivity index (χ2n) is 6.22. The summed E-state index contributed by atoms with van der Waals surface area (Å²) in [5.41, 5.74) is 2.12. The van der Waals surface area contributed by atoms with Crippen LogP contribution < -0.4 is 10.1 Å². The van der Waals surface area contributed by atoms with Gasteiger partial charge < -0.3 is 19.0 Å². The van der Waals surface area contributed by atoms with E-state index in [4.69, 9.17) is 9.15 Å². The second kappa shape index (κ2) is 7.40. The van der Waals surface area contributed by atoms with Crippen LogP contribution in [0.4, 0.5) is 5.69 Å². The quantitative estimate of drug-likeness (QED) is 0.544. The van der Waals surface area contributed by atoms with E-state index in [0.29, 0.717) is 17.0 Å². The van der Waals surface area contributed by atoms with E-state index < -0.39 is 0 Å². The Labute approximate surface area is 165 Å². The molecule has 0 aliphatic heterocycles. The van der Waals surface area contributed by atoms with E-state index >= 15 is 0 Å². The number of anilines is 1. The zero-order chi connectivity index (χ0) is 19.7. The van der Waals surface area contributed by atoms with Crippen molar-refractivity contribution in [1.29, 1.82) is 0 Å². The van der Waals surface area contributed by atoms with Crippen LogP contribution >= 0.6 is 11.8 Å². The molecule has 4 rings (SSSR count). The molecule has 1 N–H and O–H groups in total. The van der Waals surface area contributed by atoms with Gasteiger partial charge in [-0.15, -0.1) is 10.2 Å². The second-order valence-corrected chi connectivity index (χ2v) is 7.26. The molecule has 2 aromatic carbocycles. The molecule has 4 aromatic rings. The van der Waals surface area contributed by atoms with Crippen LogP contribution in [0.5, 0.6) is 5.75 Å². The minimum Gasteiger partial charge on any atom is -0.497 e. The Bertz CT molecular complexity index is 1150. The molecule has 2 aromatic heterocycles. The van der Waals surface area contributed by atoms with Gasteiger partial charge in [-0.3, -0.25) is 4.79 Å². The Hall–Kier alpha value is -3.26. The van der Waals surface area contributed by atoms with Gasteiger partial charge in [0.15, 0.2) is 10.9 Å². The van der Waals surface area contributed by atoms with Crippen molar-refractivity contribution in [2.45, 2.75) is 17.0 Å². The van der Waals surface area contributed by atoms with E-state index in [1.54, 1.807) is 25.6 Å². The topological polar surface area (TPSA) is 82.2 Å². The highest BCUT2D eigenvalue weighted by molar-refractivity contribution is 7.99. The number of nitrogens with zero attached hydrogens (tertiary/aromatic N) is 3. The first-order valence-corrected chi connectivity index (χ1v) is 9.37. The van der Waals surface area contributed by atoms with Crippen LogP contribution in [0.2, 0.25) is 0 Å². The van der Waals surface area contributed by atoms with Gasteiger partial charge in [0.05, 0.1) is 7.11 Å². The fourth-order valence-corrected chi connectivity index (χ4v) is 3.57. The first-order chi connectivity index (χ1) is 13.5. The van der Waals surface area contributed by atoms with Crippen LogP contribution in [0.15, 0.2) is 63.3 Å². The van der Waals surface area contributed by atoms with Crippen molar-refractivity contribution in [3.63, 3.8) is 0 Å². The maximum absolute atomic E-state index is 12.7. The predicted octanol–water partition coefficient (Wildman–Crippen LogP) is 4.28. The van der Waals surface area contributed by atoms with E-state index in [-0.39, 0.29) is 5.91 Å². The third-order valence-electron chi connectivity index (χ3n) is 4.34. The molecule has 8 heteroatoms. The first kappa shape index (κ1) is 18.1. The Morgan fingerprint density at radius 3 is 2.68 bits per heavy atom. The molecule has 0 atom stereocenters. The summed E-state index contributed by atoms with van der Waals surface area (Å²) in [7, 11) is 3.50. The van der Waals surface area contributed by atoms with Crippen LogP contribution in [-0.2, 0) is 7.05 Å². The van der Waals surface area contributed by atoms with Crippen molar-refractivity contribution < 1.29 is 13.9 Å². The number of aromatic nitrogens is 3. The van der Waals surface area contributed by atoms with E-state index in [9.17, 15) is 4.79 Å². The molecule has 0 radical (unpaired) electrons. The molecule has 0 spiro atoms. The van der Waals surface area contributed by atoms with Gasteiger partial charge in [-0.05, 0) is 61.2 Å². The number of benzene rings is 2. The lowest BCUT2D eigenvalue weighted by Gasteiger charge is -2.05. The number of hydrogen-bond acceptors (Lipinski definition) is 6. The lowest BCUT2D eigenvalue weighted by Crippen LogP contribution is -2.11. The molecule has 0 aliphatic carbocycles. The molecule has 0 unspecified atom stereocenters. The molecule has 2 heterocycles. The molecular weight excluding hydrogens is 376 g/mol. The lowest BCUT2D eigenvalue weighted by atomic mass is 10.1. The molecule has 0 bridgehead atoms. The van der Waals surface area contributed by atoms with Gasteiger partial charge in [0.1, 0.15) is 17.7 Å². The fraction of sp³-hybridized carbons (Fsp3) is 0.150. The first-order valence-electron chi connectivity index (χ1n) is 8.55. The SMILES string of the molecule is COc1ccc2oc(C(=O)Nc3ccc(Sc4nncn4C)cc3)c(C)c2c1. The van der Waals surface area contributed by atoms with Gasteiger partial charge in [0.2, 0.25) is 0 Å². The molecule has 0 aliphatic rings. The fourth-order valence-electron chi connectivity index (χ4n) is 2.81. The summed E-state index contributed by atoms with van der Waals surface area (Å²) in [5.74, 6) is 0.724. The average Bonchev–Trinajstić information content (AvgIpc) is 3.26. The number of rotatable bonds is 5. The number of methoxy groups -OCH3 is 1. The molecule has 0 saturated carbocycles. The van der Waals surface area contributed by atoms with Gasteiger partial charge in [-0.1, -0.05) is 0 Å². The number of nitrogens with one attached hydrogen (secondary N) is 1. The van der Waals surface area contributed by atoms with Crippen molar-refractivity contribution in [1.82, 2.24) is 14.8 Å². The van der Waals surface area contributed by atoms with E-state index in [1.807, 2.05) is 48.9 Å². The summed E-state index contributed by atoms with van der Waals surface area (Å²) in [4.78, 5) is 13.7. The van der Waals surface area contributed by atoms with Gasteiger partial charge in [0.25, 0.3) is 5.91 Å². The summed E-state index contributed by atoms with van der Waals surface area (Å²) in [6.45, 7) is 1.86. The van der Waals surface area contributed by atoms with E-state index in [1.165, 1.54) is 11.8 Å². The molecular formula is C20H18N4O3S. The van der Waals surface area contributed by atoms with Gasteiger partial charge >= 0.3 is 0 Å². The number of amides is 1. The summed E-state index contributed by atoms with van der Waals surface area (Å²) in [6, 6.07) is 13.0. The Kier molecular flexibility index (Phi) is 4.79. The van der Waals surface area contributed by atoms with Crippen LogP contribution in [-0.4, -0.2) is 27.8 Å². The maximum atomic E-state index is 12.7. The monoisotopic (exact) mass is 394 g/mol. The Balaban J connectivity index is 1.51. The van der Waals surface area contributed by atoms with Crippen molar-refractivity contribution in [2.75, 3.05) is 12.4 Å². The van der Waals surface area contributed by atoms with Gasteiger partial charge in [-0.2, -0.15) is 0 Å². The third kappa shape index (κ3) is 3.46. The number of carbonyl (C=O) groups is 1. The standard InChI is InChI=1S/C20H18N4O3S/c1-12-16-10-14(26-3)6-9-17(16)27-18(12)19(25)22-13-4-7-15(8-5-13)28-20-23-21-11-24(20)2/h4-11H,1-3H3,(H,22,25). The number of fused-ring (bicyclic) bond motifs is 1. The Morgan fingerprint density at radius 2 is 2.00 bits per heavy atom. The molecule has 1 amide bonds. The highest BCUT2D eigenvalue weighted by atomic mass is 32.2. The van der Waals surface area contributed by atoms with Crippen LogP contribution in [0, 0.1) is 6.92 Å². The summed E-state index contributed by atoms with van der Waals surface area (Å²) >= 11 is 1.50. The smallest absolute Gasteiger partial charge is 0.291 e. The highest BCUT2D eigenvalue weighted by Crippen LogP contribution is 2.30. The molecule has 7 nitrogen and oxygen atoms in total. The third-order valence-corrected chi connectivity index (χ3v) is 5.40. The van der Waals surface area contributed by atoms with Crippen molar-refractivity contribution in [3.05, 3.63) is 60.1 Å². The minimum absolute atomic E-state index is 0.290. The molecule has 142 valence electrons. The molecule has 0 fully saturated rings. The number of ether oxygens (including phenoxy) is 1. The van der Waals surface area contributed by atoms with Crippen molar-refractivity contribution >= 4 is 34.3 Å². The lowest BCUT2D eigenvalue weighted by molar-refractivity contribution is 0.0998. The van der Waals surface area contributed by atoms with E-state index in [2.05, 4.69) is 15.5 Å². The zero-order valence-electron chi connectivity index (χ0n) is 15.6. The van der Waals surface area contributed by atoms with Crippen molar-refractivity contribution in [3.8, 4) is 5.75 Å². The summed E-state index contributed by atoms with van der Waals surface area (Å²) in [5, 5.41) is 12.4. The highest BCUT2D eigenvalue weighted by Gasteiger charge is 2.18. The minimum atomic E-state index is -0.290. The number of aryl methyl sites for hydroxylation is 2. The predicted molar refractivity (Wildman–Crippen MR) is 107 cm³/mol. The van der Waals surface area contributed by atoms with E-state index in [0.717, 1.165) is 26.8 Å². The normalized spacial score (nSPS) is 11.0. The van der Waals surface area contributed by atoms with Gasteiger partial charge in [0, 0.05) is 28.6 Å². The van der Waals surface area contributed by atoms with Crippen LogP contribution in [0.25, 0.3) is 11.0 Å². The summed E-state index contributed by atoms with van der Waals surface area (Å²) < 4.78 is 12.8. The molecule has 0 saturated heterocycles. The summed E-state index contributed by atoms with van der Waals surface area (Å²) in [6.07, 6.45) is 1.65. The maximum Gasteiger partial charge on any atom is 0.291 e. The molecule has 28 heavy (non-hydrogen) atoms. The number of carbonyl (C=O) groups excluding carboxylic acids is 1. The Morgan fingerprint density at radius 1 is 1.21 bits per heavy atom.